The molecule has 0 bridgehead atoms. The summed E-state index contributed by atoms with van der Waals surface area (Å²) < 4.78 is 29.0. The van der Waals surface area contributed by atoms with Gasteiger partial charge in [0.2, 0.25) is 11.8 Å². The number of hydrogen-bond acceptors (Lipinski definition) is 4. The molecule has 0 saturated heterocycles. The second-order valence-corrected chi connectivity index (χ2v) is 13.0. The average Bonchev–Trinajstić information content (AvgIpc) is 3.01. The maximum atomic E-state index is 14.4. The molecule has 1 atom stereocenters. The van der Waals surface area contributed by atoms with Crippen LogP contribution < -0.4 is 9.62 Å². The van der Waals surface area contributed by atoms with Crippen molar-refractivity contribution in [3.8, 4) is 0 Å². The summed E-state index contributed by atoms with van der Waals surface area (Å²) in [4.78, 5) is 29.6. The molecule has 0 radical (unpaired) electrons. The van der Waals surface area contributed by atoms with Gasteiger partial charge in [-0.25, -0.2) is 8.42 Å². The summed E-state index contributed by atoms with van der Waals surface area (Å²) in [6.07, 6.45) is 0.263. The number of para-hydroxylation sites is 1. The van der Waals surface area contributed by atoms with Crippen molar-refractivity contribution in [2.45, 2.75) is 37.8 Å². The first-order valence-electron chi connectivity index (χ1n) is 14.1. The summed E-state index contributed by atoms with van der Waals surface area (Å²) in [6, 6.07) is 32.3. The minimum absolute atomic E-state index is 0.00123. The number of rotatable bonds is 13. The van der Waals surface area contributed by atoms with E-state index in [1.165, 1.54) is 29.2 Å². The van der Waals surface area contributed by atoms with Crippen LogP contribution in [0, 0.1) is 5.92 Å². The van der Waals surface area contributed by atoms with E-state index < -0.39 is 28.5 Å². The number of benzene rings is 4. The number of nitrogens with one attached hydrogen (secondary N) is 1. The third-order valence-corrected chi connectivity index (χ3v) is 8.92. The quantitative estimate of drug-likeness (QED) is 0.201. The van der Waals surface area contributed by atoms with Crippen LogP contribution in [-0.4, -0.2) is 44.3 Å². The number of anilines is 1. The van der Waals surface area contributed by atoms with Crippen LogP contribution >= 0.6 is 11.6 Å². The van der Waals surface area contributed by atoms with Gasteiger partial charge in [-0.15, -0.1) is 0 Å². The Hall–Kier alpha value is -4.14. The van der Waals surface area contributed by atoms with Crippen LogP contribution in [0.4, 0.5) is 5.69 Å². The topological polar surface area (TPSA) is 86.8 Å². The zero-order valence-electron chi connectivity index (χ0n) is 24.3. The Labute approximate surface area is 259 Å². The lowest BCUT2D eigenvalue weighted by molar-refractivity contribution is -0.140. The third-order valence-electron chi connectivity index (χ3n) is 6.88. The Kier molecular flexibility index (Phi) is 11.0. The molecule has 9 heteroatoms. The highest BCUT2D eigenvalue weighted by Crippen LogP contribution is 2.26. The van der Waals surface area contributed by atoms with Crippen LogP contribution in [0.3, 0.4) is 0 Å². The van der Waals surface area contributed by atoms with Gasteiger partial charge in [0.1, 0.15) is 12.6 Å². The Balaban J connectivity index is 1.76. The largest absolute Gasteiger partial charge is 0.354 e. The fourth-order valence-corrected chi connectivity index (χ4v) is 6.15. The van der Waals surface area contributed by atoms with E-state index in [0.29, 0.717) is 17.3 Å². The lowest BCUT2D eigenvalue weighted by Crippen LogP contribution is -2.53. The van der Waals surface area contributed by atoms with Crippen LogP contribution in [0.5, 0.6) is 0 Å². The molecule has 0 aliphatic heterocycles. The molecule has 4 aromatic carbocycles. The molecule has 43 heavy (non-hydrogen) atoms. The van der Waals surface area contributed by atoms with Crippen LogP contribution in [0.2, 0.25) is 5.02 Å². The third kappa shape index (κ3) is 8.69. The summed E-state index contributed by atoms with van der Waals surface area (Å²) in [5, 5.41) is 3.39. The second-order valence-electron chi connectivity index (χ2n) is 10.7. The van der Waals surface area contributed by atoms with Gasteiger partial charge in [-0.2, -0.15) is 0 Å². The lowest BCUT2D eigenvalue weighted by atomic mass is 10.0. The first-order chi connectivity index (χ1) is 20.6. The van der Waals surface area contributed by atoms with Crippen LogP contribution in [0.25, 0.3) is 0 Å². The van der Waals surface area contributed by atoms with E-state index in [9.17, 15) is 18.0 Å². The monoisotopic (exact) mass is 617 g/mol. The van der Waals surface area contributed by atoms with Crippen molar-refractivity contribution in [2.24, 2.45) is 5.92 Å². The van der Waals surface area contributed by atoms with Crippen molar-refractivity contribution in [1.82, 2.24) is 10.2 Å². The Bertz CT molecular complexity index is 1580. The molecule has 0 fully saturated rings. The van der Waals surface area contributed by atoms with Crippen LogP contribution in [-0.2, 0) is 32.6 Å². The average molecular weight is 618 g/mol. The van der Waals surface area contributed by atoms with Crippen molar-refractivity contribution in [1.29, 1.82) is 0 Å². The molecule has 0 unspecified atom stereocenters. The van der Waals surface area contributed by atoms with Gasteiger partial charge in [-0.3, -0.25) is 13.9 Å². The second kappa shape index (κ2) is 14.8. The van der Waals surface area contributed by atoms with E-state index in [1.54, 1.807) is 30.3 Å². The molecule has 4 rings (SSSR count). The predicted octanol–water partition coefficient (Wildman–Crippen LogP) is 5.95. The molecule has 0 aliphatic carbocycles. The Morgan fingerprint density at radius 2 is 1.30 bits per heavy atom. The number of carbonyl (C=O) groups is 2. The lowest BCUT2D eigenvalue weighted by Gasteiger charge is -2.34. The summed E-state index contributed by atoms with van der Waals surface area (Å²) in [5.74, 6) is -0.600. The van der Waals surface area contributed by atoms with Gasteiger partial charge >= 0.3 is 0 Å². The van der Waals surface area contributed by atoms with Gasteiger partial charge in [-0.05, 0) is 53.4 Å². The zero-order valence-corrected chi connectivity index (χ0v) is 25.8. The fraction of sp³-hybridized carbons (Fsp3) is 0.235. The molecule has 0 heterocycles. The van der Waals surface area contributed by atoms with E-state index in [0.717, 1.165) is 15.4 Å². The van der Waals surface area contributed by atoms with Gasteiger partial charge < -0.3 is 10.2 Å². The van der Waals surface area contributed by atoms with Gasteiger partial charge in [0.25, 0.3) is 10.0 Å². The number of amides is 2. The molecule has 0 aromatic heterocycles. The van der Waals surface area contributed by atoms with Crippen molar-refractivity contribution >= 4 is 39.1 Å². The van der Waals surface area contributed by atoms with Crippen molar-refractivity contribution in [3.05, 3.63) is 131 Å². The van der Waals surface area contributed by atoms with Crippen LogP contribution in [0.15, 0.2) is 120 Å². The first kappa shape index (κ1) is 31.8. The van der Waals surface area contributed by atoms with Gasteiger partial charge in [0, 0.05) is 24.5 Å². The van der Waals surface area contributed by atoms with Crippen molar-refractivity contribution in [3.63, 3.8) is 0 Å². The number of carbonyl (C=O) groups excluding carboxylic acids is 2. The molecular weight excluding hydrogens is 582 g/mol. The van der Waals surface area contributed by atoms with E-state index in [1.807, 2.05) is 74.5 Å². The maximum Gasteiger partial charge on any atom is 0.264 e. The molecular formula is C34H36ClN3O4S. The molecule has 2 amide bonds. The highest BCUT2D eigenvalue weighted by molar-refractivity contribution is 7.92. The molecule has 0 saturated carbocycles. The smallest absolute Gasteiger partial charge is 0.264 e. The maximum absolute atomic E-state index is 14.4. The van der Waals surface area contributed by atoms with Crippen molar-refractivity contribution < 1.29 is 18.0 Å². The number of sulfonamides is 1. The first-order valence-corrected chi connectivity index (χ1v) is 16.0. The number of nitrogens with zero attached hydrogens (tertiary/aromatic N) is 2. The molecule has 4 aromatic rings. The van der Waals surface area contributed by atoms with E-state index in [2.05, 4.69) is 5.32 Å². The van der Waals surface area contributed by atoms with Crippen molar-refractivity contribution in [2.75, 3.05) is 17.4 Å². The summed E-state index contributed by atoms with van der Waals surface area (Å²) in [5.41, 5.74) is 2.03. The summed E-state index contributed by atoms with van der Waals surface area (Å²) in [6.45, 7) is 4.05. The van der Waals surface area contributed by atoms with E-state index in [-0.39, 0.29) is 29.7 Å². The van der Waals surface area contributed by atoms with Gasteiger partial charge in [0.15, 0.2) is 0 Å². The standard InChI is InChI=1S/C34H36ClN3O4S/c1-26(2)23-36-34(40)32(22-27-12-6-3-7-13-27)37(24-28-14-8-4-9-15-28)33(39)25-38(30-16-10-5-11-17-30)43(41,42)31-20-18-29(35)19-21-31/h3-21,26,32H,22-25H2,1-2H3,(H,36,40)/t32-/m0/s1. The Morgan fingerprint density at radius 3 is 1.86 bits per heavy atom. The minimum Gasteiger partial charge on any atom is -0.354 e. The molecule has 0 aliphatic rings. The molecule has 224 valence electrons. The molecule has 0 spiro atoms. The van der Waals surface area contributed by atoms with E-state index in [4.69, 9.17) is 11.6 Å². The van der Waals surface area contributed by atoms with E-state index >= 15 is 0 Å². The predicted molar refractivity (Wildman–Crippen MR) is 171 cm³/mol. The van der Waals surface area contributed by atoms with Gasteiger partial charge in [0.05, 0.1) is 10.6 Å². The zero-order chi connectivity index (χ0) is 30.8. The fourth-order valence-electron chi connectivity index (χ4n) is 4.61. The van der Waals surface area contributed by atoms with Crippen LogP contribution in [0.1, 0.15) is 25.0 Å². The summed E-state index contributed by atoms with van der Waals surface area (Å²) in [7, 11) is -4.17. The highest BCUT2D eigenvalue weighted by Gasteiger charge is 2.34. The molecule has 7 nitrogen and oxygen atoms in total. The van der Waals surface area contributed by atoms with Gasteiger partial charge in [-0.1, -0.05) is 104 Å². The SMILES string of the molecule is CC(C)CNC(=O)[C@H](Cc1ccccc1)N(Cc1ccccc1)C(=O)CN(c1ccccc1)S(=O)(=O)c1ccc(Cl)cc1. The normalized spacial score (nSPS) is 12.0. The highest BCUT2D eigenvalue weighted by atomic mass is 35.5. The Morgan fingerprint density at radius 1 is 0.767 bits per heavy atom. The number of hydrogen-bond donors (Lipinski definition) is 1. The summed E-state index contributed by atoms with van der Waals surface area (Å²) >= 11 is 6.03. The minimum atomic E-state index is -4.17. The molecule has 1 N–H and O–H groups in total. The number of halogens is 1.